The van der Waals surface area contributed by atoms with Gasteiger partial charge in [0.25, 0.3) is 0 Å². The summed E-state index contributed by atoms with van der Waals surface area (Å²) in [7, 11) is -3.51. The van der Waals surface area contributed by atoms with Gasteiger partial charge in [-0.15, -0.1) is 0 Å². The SMILES string of the molecule is COC(=O)NS(=O)(=O)N1CC(=O)NCC1C(=O)O. The molecule has 1 rings (SSSR count). The largest absolute Gasteiger partial charge is 0.480 e. The fourth-order valence-corrected chi connectivity index (χ4v) is 2.49. The molecule has 0 aromatic rings. The molecular weight excluding hydrogens is 270 g/mol. The van der Waals surface area contributed by atoms with Crippen LogP contribution in [0.2, 0.25) is 0 Å². The average Bonchev–Trinajstić information content (AvgIpc) is 2.27. The van der Waals surface area contributed by atoms with Crippen molar-refractivity contribution in [1.29, 1.82) is 0 Å². The first-order valence-corrected chi connectivity index (χ1v) is 6.09. The van der Waals surface area contributed by atoms with E-state index in [1.54, 1.807) is 0 Å². The Labute approximate surface area is 102 Å². The van der Waals surface area contributed by atoms with Crippen molar-refractivity contribution in [3.63, 3.8) is 0 Å². The normalized spacial score (nSPS) is 20.9. The molecule has 1 aliphatic heterocycles. The summed E-state index contributed by atoms with van der Waals surface area (Å²) in [5.74, 6) is -2.10. The van der Waals surface area contributed by atoms with Crippen LogP contribution < -0.4 is 10.0 Å². The zero-order valence-corrected chi connectivity index (χ0v) is 10.1. The van der Waals surface area contributed by atoms with Crippen molar-refractivity contribution in [2.24, 2.45) is 0 Å². The number of amides is 2. The fraction of sp³-hybridized carbons (Fsp3) is 0.571. The predicted molar refractivity (Wildman–Crippen MR) is 55.6 cm³/mol. The molecule has 0 bridgehead atoms. The second kappa shape index (κ2) is 5.18. The summed E-state index contributed by atoms with van der Waals surface area (Å²) < 4.78 is 29.3. The maximum atomic E-state index is 11.7. The van der Waals surface area contributed by atoms with Crippen molar-refractivity contribution in [2.75, 3.05) is 20.2 Å². The van der Waals surface area contributed by atoms with E-state index in [9.17, 15) is 22.8 Å². The number of hydrogen-bond donors (Lipinski definition) is 3. The van der Waals surface area contributed by atoms with Crippen LogP contribution in [0.1, 0.15) is 0 Å². The molecule has 1 atom stereocenters. The lowest BCUT2D eigenvalue weighted by atomic mass is 10.2. The van der Waals surface area contributed by atoms with Gasteiger partial charge < -0.3 is 15.2 Å². The van der Waals surface area contributed by atoms with Gasteiger partial charge in [0, 0.05) is 6.54 Å². The molecule has 18 heavy (non-hydrogen) atoms. The molecular formula is C7H11N3O7S. The molecule has 11 heteroatoms. The Kier molecular flexibility index (Phi) is 4.08. The van der Waals surface area contributed by atoms with Crippen molar-refractivity contribution in [1.82, 2.24) is 14.3 Å². The number of nitrogens with zero attached hydrogens (tertiary/aromatic N) is 1. The zero-order chi connectivity index (χ0) is 13.9. The molecule has 1 saturated heterocycles. The average molecular weight is 281 g/mol. The number of hydrogen-bond acceptors (Lipinski definition) is 6. The highest BCUT2D eigenvalue weighted by Crippen LogP contribution is 2.09. The molecule has 1 heterocycles. The van der Waals surface area contributed by atoms with E-state index in [0.717, 1.165) is 7.11 Å². The lowest BCUT2D eigenvalue weighted by Crippen LogP contribution is -2.61. The number of rotatable bonds is 3. The van der Waals surface area contributed by atoms with Gasteiger partial charge in [-0.05, 0) is 0 Å². The smallest absolute Gasteiger partial charge is 0.421 e. The Balaban J connectivity index is 2.97. The lowest BCUT2D eigenvalue weighted by molar-refractivity contribution is -0.143. The van der Waals surface area contributed by atoms with Crippen LogP contribution in [0.15, 0.2) is 0 Å². The molecule has 10 nitrogen and oxygen atoms in total. The highest BCUT2D eigenvalue weighted by Gasteiger charge is 2.40. The Morgan fingerprint density at radius 2 is 2.17 bits per heavy atom. The molecule has 3 N–H and O–H groups in total. The highest BCUT2D eigenvalue weighted by molar-refractivity contribution is 7.87. The molecule has 2 amide bonds. The summed E-state index contributed by atoms with van der Waals surface area (Å²) in [5.41, 5.74) is 0. The fourth-order valence-electron chi connectivity index (χ4n) is 1.29. The maximum absolute atomic E-state index is 11.7. The molecule has 1 unspecified atom stereocenters. The van der Waals surface area contributed by atoms with Crippen LogP contribution in [-0.2, 0) is 24.5 Å². The molecule has 1 fully saturated rings. The van der Waals surface area contributed by atoms with Crippen molar-refractivity contribution in [3.8, 4) is 0 Å². The van der Waals surface area contributed by atoms with Crippen molar-refractivity contribution in [2.45, 2.75) is 6.04 Å². The molecule has 0 aromatic carbocycles. The highest BCUT2D eigenvalue weighted by atomic mass is 32.2. The topological polar surface area (TPSA) is 142 Å². The molecule has 0 saturated carbocycles. The van der Waals surface area contributed by atoms with Gasteiger partial charge >= 0.3 is 22.3 Å². The predicted octanol–water partition coefficient (Wildman–Crippen LogP) is -2.53. The summed E-state index contributed by atoms with van der Waals surface area (Å²) in [6.45, 7) is -1.07. The van der Waals surface area contributed by atoms with Gasteiger partial charge in [-0.25, -0.2) is 9.52 Å². The van der Waals surface area contributed by atoms with Gasteiger partial charge in [-0.1, -0.05) is 0 Å². The zero-order valence-electron chi connectivity index (χ0n) is 9.24. The van der Waals surface area contributed by atoms with Gasteiger partial charge in [0.1, 0.15) is 6.04 Å². The third-order valence-electron chi connectivity index (χ3n) is 2.13. The Hall–Kier alpha value is -1.88. The Morgan fingerprint density at radius 3 is 2.67 bits per heavy atom. The molecule has 0 aromatic heterocycles. The molecule has 1 aliphatic rings. The van der Waals surface area contributed by atoms with Gasteiger partial charge in [-0.2, -0.15) is 12.7 Å². The van der Waals surface area contributed by atoms with E-state index in [4.69, 9.17) is 5.11 Å². The maximum Gasteiger partial charge on any atom is 0.421 e. The summed E-state index contributed by atoms with van der Waals surface area (Å²) in [4.78, 5) is 32.8. The van der Waals surface area contributed by atoms with Crippen LogP contribution in [0.3, 0.4) is 0 Å². The third-order valence-corrected chi connectivity index (χ3v) is 3.56. The van der Waals surface area contributed by atoms with E-state index in [0.29, 0.717) is 4.31 Å². The second-order valence-electron chi connectivity index (χ2n) is 3.30. The van der Waals surface area contributed by atoms with E-state index in [1.165, 1.54) is 4.72 Å². The number of carbonyl (C=O) groups is 3. The van der Waals surface area contributed by atoms with Crippen LogP contribution in [-0.4, -0.2) is 62.0 Å². The standard InChI is InChI=1S/C7H11N3O7S/c1-17-7(14)9-18(15,16)10-3-5(11)8-2-4(10)6(12)13/h4H,2-3H2,1H3,(H,8,11)(H,9,14)(H,12,13). The Morgan fingerprint density at radius 1 is 1.56 bits per heavy atom. The van der Waals surface area contributed by atoms with E-state index in [-0.39, 0.29) is 6.54 Å². The van der Waals surface area contributed by atoms with Crippen molar-refractivity contribution < 1.29 is 32.6 Å². The monoisotopic (exact) mass is 281 g/mol. The Bertz CT molecular complexity index is 473. The first-order valence-electron chi connectivity index (χ1n) is 4.65. The van der Waals surface area contributed by atoms with Crippen molar-refractivity contribution in [3.05, 3.63) is 0 Å². The second-order valence-corrected chi connectivity index (χ2v) is 4.93. The number of methoxy groups -OCH3 is 1. The minimum atomic E-state index is -4.45. The summed E-state index contributed by atoms with van der Waals surface area (Å²) >= 11 is 0. The number of nitrogens with one attached hydrogen (secondary N) is 2. The number of ether oxygens (including phenoxy) is 1. The molecule has 0 spiro atoms. The number of carbonyl (C=O) groups excluding carboxylic acids is 2. The van der Waals surface area contributed by atoms with Crippen LogP contribution >= 0.6 is 0 Å². The number of carboxylic acids is 1. The van der Waals surface area contributed by atoms with E-state index in [2.05, 4.69) is 10.1 Å². The molecule has 0 aliphatic carbocycles. The van der Waals surface area contributed by atoms with Crippen LogP contribution in [0.4, 0.5) is 4.79 Å². The summed E-state index contributed by atoms with van der Waals surface area (Å²) in [6, 6.07) is -1.48. The van der Waals surface area contributed by atoms with E-state index in [1.807, 2.05) is 0 Å². The lowest BCUT2D eigenvalue weighted by Gasteiger charge is -2.31. The van der Waals surface area contributed by atoms with Gasteiger partial charge in [0.15, 0.2) is 0 Å². The first-order chi connectivity index (χ1) is 8.27. The van der Waals surface area contributed by atoms with Gasteiger partial charge in [0.05, 0.1) is 13.7 Å². The number of carboxylic acid groups (broad SMARTS) is 1. The quantitative estimate of drug-likeness (QED) is 0.517. The minimum absolute atomic E-state index is 0.379. The molecule has 102 valence electrons. The van der Waals surface area contributed by atoms with Gasteiger partial charge in [0.2, 0.25) is 5.91 Å². The minimum Gasteiger partial charge on any atom is -0.480 e. The first kappa shape index (κ1) is 14.2. The van der Waals surface area contributed by atoms with Gasteiger partial charge in [-0.3, -0.25) is 9.59 Å². The van der Waals surface area contributed by atoms with E-state index >= 15 is 0 Å². The van der Waals surface area contributed by atoms with Crippen LogP contribution in [0, 0.1) is 0 Å². The molecule has 0 radical (unpaired) electrons. The summed E-state index contributed by atoms with van der Waals surface area (Å²) in [5, 5.41) is 11.1. The number of piperazine rings is 1. The third kappa shape index (κ3) is 3.07. The van der Waals surface area contributed by atoms with Crippen LogP contribution in [0.5, 0.6) is 0 Å². The number of aliphatic carboxylic acids is 1. The van der Waals surface area contributed by atoms with E-state index < -0.39 is 40.8 Å². The van der Waals surface area contributed by atoms with Crippen molar-refractivity contribution >= 4 is 28.2 Å². The summed E-state index contributed by atoms with van der Waals surface area (Å²) in [6.07, 6.45) is -1.27. The van der Waals surface area contributed by atoms with Crippen LogP contribution in [0.25, 0.3) is 0 Å².